The summed E-state index contributed by atoms with van der Waals surface area (Å²) < 4.78 is 1.88. The van der Waals surface area contributed by atoms with Crippen molar-refractivity contribution < 1.29 is 4.79 Å². The minimum Gasteiger partial charge on any atom is -0.365 e. The predicted molar refractivity (Wildman–Crippen MR) is 122 cm³/mol. The normalized spacial score (nSPS) is 14.4. The molecule has 2 aromatic heterocycles. The number of nitrogens with zero attached hydrogens (tertiary/aromatic N) is 4. The Labute approximate surface area is 180 Å². The van der Waals surface area contributed by atoms with Crippen LogP contribution in [0.5, 0.6) is 0 Å². The van der Waals surface area contributed by atoms with Crippen LogP contribution in [0, 0.1) is 6.92 Å². The molecular formula is C24H26N6O. The molecule has 0 saturated heterocycles. The van der Waals surface area contributed by atoms with Gasteiger partial charge in [0.05, 0.1) is 11.0 Å². The fourth-order valence-electron chi connectivity index (χ4n) is 4.40. The summed E-state index contributed by atoms with van der Waals surface area (Å²) in [6.45, 7) is 2.66. The smallest absolute Gasteiger partial charge is 0.251 e. The number of hydrogen-bond donors (Lipinski definition) is 2. The quantitative estimate of drug-likeness (QED) is 0.513. The molecule has 0 radical (unpaired) electrons. The first-order valence-electron chi connectivity index (χ1n) is 10.8. The van der Waals surface area contributed by atoms with Crippen LogP contribution in [0.15, 0.2) is 42.7 Å². The molecular weight excluding hydrogens is 388 g/mol. The summed E-state index contributed by atoms with van der Waals surface area (Å²) in [6.07, 6.45) is 6.18. The van der Waals surface area contributed by atoms with Gasteiger partial charge in [0, 0.05) is 41.7 Å². The number of anilines is 1. The van der Waals surface area contributed by atoms with Crippen molar-refractivity contribution in [1.82, 2.24) is 25.1 Å². The van der Waals surface area contributed by atoms with Crippen molar-refractivity contribution in [3.05, 3.63) is 59.5 Å². The number of aryl methyl sites for hydroxylation is 2. The van der Waals surface area contributed by atoms with Gasteiger partial charge in [-0.15, -0.1) is 0 Å². The van der Waals surface area contributed by atoms with Crippen molar-refractivity contribution in [1.29, 1.82) is 0 Å². The Balaban J connectivity index is 1.32. The SMILES string of the molecule is Cc1c2c(ccc3c(NCc4ccc(C(=O)NC5CCCC5)cc4)ncnc32)nn1C. The van der Waals surface area contributed by atoms with Crippen molar-refractivity contribution in [2.45, 2.75) is 45.2 Å². The molecule has 1 amide bonds. The number of hydrogen-bond acceptors (Lipinski definition) is 5. The molecule has 0 bridgehead atoms. The van der Waals surface area contributed by atoms with Gasteiger partial charge in [0.25, 0.3) is 5.91 Å². The number of fused-ring (bicyclic) bond motifs is 3. The molecule has 2 heterocycles. The summed E-state index contributed by atoms with van der Waals surface area (Å²) in [5.41, 5.74) is 4.71. The van der Waals surface area contributed by atoms with Crippen LogP contribution in [0.1, 0.15) is 47.3 Å². The van der Waals surface area contributed by atoms with Crippen molar-refractivity contribution >= 4 is 33.5 Å². The largest absolute Gasteiger partial charge is 0.365 e. The van der Waals surface area contributed by atoms with Gasteiger partial charge in [-0.25, -0.2) is 9.97 Å². The van der Waals surface area contributed by atoms with Gasteiger partial charge in [-0.1, -0.05) is 25.0 Å². The highest BCUT2D eigenvalue weighted by atomic mass is 16.1. The molecule has 158 valence electrons. The van der Waals surface area contributed by atoms with Gasteiger partial charge in [0.2, 0.25) is 0 Å². The maximum atomic E-state index is 12.4. The van der Waals surface area contributed by atoms with Crippen LogP contribution in [0.3, 0.4) is 0 Å². The molecule has 4 aromatic rings. The van der Waals surface area contributed by atoms with E-state index in [0.29, 0.717) is 18.2 Å². The van der Waals surface area contributed by atoms with Gasteiger partial charge >= 0.3 is 0 Å². The summed E-state index contributed by atoms with van der Waals surface area (Å²) >= 11 is 0. The molecule has 0 atom stereocenters. The highest BCUT2D eigenvalue weighted by Crippen LogP contribution is 2.29. The standard InChI is InChI=1S/C24H26N6O/c1-15-21-20(29-30(15)2)12-11-19-22(21)26-14-27-23(19)25-13-16-7-9-17(10-8-16)24(31)28-18-5-3-4-6-18/h7-12,14,18H,3-6,13H2,1-2H3,(H,28,31)(H,25,26,27). The van der Waals surface area contributed by atoms with Crippen LogP contribution < -0.4 is 10.6 Å². The Bertz CT molecular complexity index is 1250. The number of amides is 1. The third-order valence-corrected chi connectivity index (χ3v) is 6.26. The van der Waals surface area contributed by atoms with Gasteiger partial charge in [-0.05, 0) is 49.6 Å². The maximum Gasteiger partial charge on any atom is 0.251 e. The average molecular weight is 415 g/mol. The number of nitrogens with one attached hydrogen (secondary N) is 2. The summed E-state index contributed by atoms with van der Waals surface area (Å²) in [5, 5.41) is 13.1. The van der Waals surface area contributed by atoms with E-state index in [9.17, 15) is 4.79 Å². The Morgan fingerprint density at radius 2 is 1.87 bits per heavy atom. The third kappa shape index (κ3) is 3.71. The predicted octanol–water partition coefficient (Wildman–Crippen LogP) is 4.11. The van der Waals surface area contributed by atoms with Crippen molar-refractivity contribution in [3.8, 4) is 0 Å². The third-order valence-electron chi connectivity index (χ3n) is 6.26. The van der Waals surface area contributed by atoms with Gasteiger partial charge in [-0.2, -0.15) is 5.10 Å². The molecule has 0 aliphatic heterocycles. The zero-order chi connectivity index (χ0) is 21.4. The summed E-state index contributed by atoms with van der Waals surface area (Å²) in [4.78, 5) is 21.4. The molecule has 5 rings (SSSR count). The van der Waals surface area contributed by atoms with Crippen LogP contribution >= 0.6 is 0 Å². The lowest BCUT2D eigenvalue weighted by Gasteiger charge is -2.12. The van der Waals surface area contributed by atoms with Crippen LogP contribution in [-0.2, 0) is 13.6 Å². The molecule has 7 nitrogen and oxygen atoms in total. The van der Waals surface area contributed by atoms with E-state index in [4.69, 9.17) is 0 Å². The second-order valence-corrected chi connectivity index (χ2v) is 8.29. The Kier molecular flexibility index (Phi) is 5.02. The number of rotatable bonds is 5. The number of aromatic nitrogens is 4. The van der Waals surface area contributed by atoms with Crippen LogP contribution in [0.2, 0.25) is 0 Å². The molecule has 2 N–H and O–H groups in total. The van der Waals surface area contributed by atoms with Crippen LogP contribution in [0.4, 0.5) is 5.82 Å². The first kappa shape index (κ1) is 19.5. The van der Waals surface area contributed by atoms with Gasteiger partial charge < -0.3 is 10.6 Å². The lowest BCUT2D eigenvalue weighted by Crippen LogP contribution is -2.32. The van der Waals surface area contributed by atoms with Crippen LogP contribution in [-0.4, -0.2) is 31.7 Å². The number of benzene rings is 2. The zero-order valence-electron chi connectivity index (χ0n) is 17.9. The molecule has 31 heavy (non-hydrogen) atoms. The molecule has 2 aromatic carbocycles. The molecule has 1 saturated carbocycles. The van der Waals surface area contributed by atoms with Crippen molar-refractivity contribution in [2.24, 2.45) is 7.05 Å². The fraction of sp³-hybridized carbons (Fsp3) is 0.333. The summed E-state index contributed by atoms with van der Waals surface area (Å²) in [7, 11) is 1.94. The fourth-order valence-corrected chi connectivity index (χ4v) is 4.40. The second kappa shape index (κ2) is 7.98. The van der Waals surface area contributed by atoms with E-state index in [1.807, 2.05) is 48.1 Å². The van der Waals surface area contributed by atoms with Gasteiger partial charge in [0.1, 0.15) is 12.1 Å². The maximum absolute atomic E-state index is 12.4. The van der Waals surface area contributed by atoms with E-state index >= 15 is 0 Å². The molecule has 7 heteroatoms. The Morgan fingerprint density at radius 3 is 2.65 bits per heavy atom. The van der Waals surface area contributed by atoms with Crippen molar-refractivity contribution in [3.63, 3.8) is 0 Å². The molecule has 1 aliphatic carbocycles. The summed E-state index contributed by atoms with van der Waals surface area (Å²) in [6, 6.07) is 12.1. The van der Waals surface area contributed by atoms with E-state index in [2.05, 4.69) is 32.6 Å². The Morgan fingerprint density at radius 1 is 1.10 bits per heavy atom. The number of carbonyl (C=O) groups excluding carboxylic acids is 1. The van der Waals surface area contributed by atoms with E-state index < -0.39 is 0 Å². The highest BCUT2D eigenvalue weighted by Gasteiger charge is 2.18. The number of carbonyl (C=O) groups is 1. The summed E-state index contributed by atoms with van der Waals surface area (Å²) in [5.74, 6) is 0.808. The molecule has 0 spiro atoms. The Hall–Kier alpha value is -3.48. The van der Waals surface area contributed by atoms with E-state index in [1.165, 1.54) is 12.8 Å². The molecule has 1 aliphatic rings. The minimum atomic E-state index is 0.0176. The average Bonchev–Trinajstić information content (AvgIpc) is 3.40. The van der Waals surface area contributed by atoms with Crippen LogP contribution in [0.25, 0.3) is 21.8 Å². The topological polar surface area (TPSA) is 84.7 Å². The lowest BCUT2D eigenvalue weighted by molar-refractivity contribution is 0.0938. The zero-order valence-corrected chi connectivity index (χ0v) is 17.9. The van der Waals surface area contributed by atoms with Gasteiger partial charge in [-0.3, -0.25) is 9.48 Å². The first-order chi connectivity index (χ1) is 15.1. The van der Waals surface area contributed by atoms with Gasteiger partial charge in [0.15, 0.2) is 0 Å². The minimum absolute atomic E-state index is 0.0176. The first-order valence-corrected chi connectivity index (χ1v) is 10.8. The molecule has 1 fully saturated rings. The van der Waals surface area contributed by atoms with E-state index in [0.717, 1.165) is 51.7 Å². The lowest BCUT2D eigenvalue weighted by atomic mass is 10.1. The van der Waals surface area contributed by atoms with E-state index in [1.54, 1.807) is 6.33 Å². The van der Waals surface area contributed by atoms with Crippen molar-refractivity contribution in [2.75, 3.05) is 5.32 Å². The second-order valence-electron chi connectivity index (χ2n) is 8.29. The monoisotopic (exact) mass is 414 g/mol. The highest BCUT2D eigenvalue weighted by molar-refractivity contribution is 6.08. The molecule has 0 unspecified atom stereocenters. The van der Waals surface area contributed by atoms with E-state index in [-0.39, 0.29) is 5.91 Å².